The first kappa shape index (κ1) is 22.2. The van der Waals surface area contributed by atoms with Crippen molar-refractivity contribution in [1.82, 2.24) is 19.8 Å². The number of allylic oxidation sites excluding steroid dienone is 1. The number of hydrogen-bond donors (Lipinski definition) is 0. The van der Waals surface area contributed by atoms with Crippen molar-refractivity contribution in [2.45, 2.75) is 6.54 Å². The Bertz CT molecular complexity index is 1230. The van der Waals surface area contributed by atoms with Gasteiger partial charge in [0.1, 0.15) is 12.4 Å². The number of ether oxygens (including phenoxy) is 2. The summed E-state index contributed by atoms with van der Waals surface area (Å²) >= 11 is 0. The molecule has 174 valence electrons. The van der Waals surface area contributed by atoms with Gasteiger partial charge in [-0.05, 0) is 46.2 Å². The summed E-state index contributed by atoms with van der Waals surface area (Å²) in [6.07, 6.45) is 7.31. The average Bonchev–Trinajstić information content (AvgIpc) is 3.40. The molecule has 1 saturated heterocycles. The minimum absolute atomic E-state index is 0.0630. The van der Waals surface area contributed by atoms with E-state index in [9.17, 15) is 4.79 Å². The molecule has 2 aliphatic rings. The van der Waals surface area contributed by atoms with Crippen molar-refractivity contribution in [3.05, 3.63) is 66.0 Å². The molecule has 1 amide bonds. The average molecular weight is 458 g/mol. The molecule has 2 aliphatic heterocycles. The zero-order valence-electron chi connectivity index (χ0n) is 19.2. The monoisotopic (exact) mass is 457 g/mol. The van der Waals surface area contributed by atoms with E-state index >= 15 is 0 Å². The summed E-state index contributed by atoms with van der Waals surface area (Å²) in [5.74, 6) is 0.765. The van der Waals surface area contributed by atoms with Gasteiger partial charge in [-0.25, -0.2) is 9.97 Å². The third-order valence-electron chi connectivity index (χ3n) is 6.13. The number of piperazine rings is 1. The van der Waals surface area contributed by atoms with Crippen molar-refractivity contribution in [3.8, 4) is 11.8 Å². The van der Waals surface area contributed by atoms with Crippen LogP contribution in [-0.4, -0.2) is 78.3 Å². The number of rotatable bonds is 7. The predicted molar refractivity (Wildman–Crippen MR) is 131 cm³/mol. The number of fused-ring (bicyclic) bond motifs is 1. The number of aromatic nitrogens is 2. The van der Waals surface area contributed by atoms with Gasteiger partial charge in [0.15, 0.2) is 0 Å². The van der Waals surface area contributed by atoms with Gasteiger partial charge >= 0.3 is 6.01 Å². The third-order valence-corrected chi connectivity index (χ3v) is 6.13. The number of carbonyl (C=O) groups is 1. The Hall–Kier alpha value is -3.62. The Kier molecular flexibility index (Phi) is 6.60. The lowest BCUT2D eigenvalue weighted by molar-refractivity contribution is -0.136. The van der Waals surface area contributed by atoms with E-state index in [1.807, 2.05) is 23.1 Å². The fourth-order valence-electron chi connectivity index (χ4n) is 4.24. The summed E-state index contributed by atoms with van der Waals surface area (Å²) in [5.41, 5.74) is 3.32. The van der Waals surface area contributed by atoms with Crippen molar-refractivity contribution in [2.24, 2.45) is 4.99 Å². The lowest BCUT2D eigenvalue weighted by Gasteiger charge is -2.34. The molecular weight excluding hydrogens is 430 g/mol. The Labute approximate surface area is 198 Å². The fraction of sp³-hybridized carbons (Fsp3) is 0.308. The highest BCUT2D eigenvalue weighted by molar-refractivity contribution is 5.89. The quantitative estimate of drug-likeness (QED) is 0.542. The van der Waals surface area contributed by atoms with Crippen LogP contribution in [0.25, 0.3) is 16.3 Å². The summed E-state index contributed by atoms with van der Waals surface area (Å²) in [6.45, 7) is 4.90. The first-order valence-electron chi connectivity index (χ1n) is 11.4. The Morgan fingerprint density at radius 3 is 2.50 bits per heavy atom. The van der Waals surface area contributed by atoms with E-state index in [2.05, 4.69) is 44.1 Å². The van der Waals surface area contributed by atoms with Gasteiger partial charge in [0.05, 0.1) is 6.54 Å². The van der Waals surface area contributed by atoms with Crippen LogP contribution in [0.15, 0.2) is 59.9 Å². The zero-order valence-corrected chi connectivity index (χ0v) is 19.2. The molecule has 0 radical (unpaired) electrons. The Morgan fingerprint density at radius 2 is 1.76 bits per heavy atom. The topological polar surface area (TPSA) is 80.2 Å². The van der Waals surface area contributed by atoms with Gasteiger partial charge in [-0.1, -0.05) is 18.2 Å². The maximum Gasteiger partial charge on any atom is 0.321 e. The van der Waals surface area contributed by atoms with Crippen LogP contribution < -0.4 is 4.74 Å². The van der Waals surface area contributed by atoms with Gasteiger partial charge in [-0.3, -0.25) is 14.7 Å². The van der Waals surface area contributed by atoms with Crippen LogP contribution in [0.2, 0.25) is 0 Å². The maximum atomic E-state index is 12.0. The number of benzene rings is 2. The number of nitrogens with zero attached hydrogens (tertiary/aromatic N) is 5. The van der Waals surface area contributed by atoms with Crippen LogP contribution in [0.1, 0.15) is 11.1 Å². The number of amides is 1. The lowest BCUT2D eigenvalue weighted by Crippen LogP contribution is -2.49. The molecule has 0 N–H and O–H groups in total. The van der Waals surface area contributed by atoms with Crippen LogP contribution in [0.4, 0.5) is 0 Å². The Morgan fingerprint density at radius 1 is 1.00 bits per heavy atom. The maximum absolute atomic E-state index is 12.0. The van der Waals surface area contributed by atoms with Gasteiger partial charge in [0, 0.05) is 64.0 Å². The van der Waals surface area contributed by atoms with Crippen molar-refractivity contribution in [2.75, 3.05) is 46.4 Å². The summed E-state index contributed by atoms with van der Waals surface area (Å²) in [7, 11) is 1.55. The number of methoxy groups -OCH3 is 1. The molecule has 1 fully saturated rings. The summed E-state index contributed by atoms with van der Waals surface area (Å²) in [5, 5.41) is 2.25. The zero-order chi connectivity index (χ0) is 23.3. The highest BCUT2D eigenvalue weighted by Gasteiger charge is 2.20. The fourth-order valence-corrected chi connectivity index (χ4v) is 4.24. The molecular formula is C26H27N5O3. The molecule has 0 saturated carbocycles. The van der Waals surface area contributed by atoms with E-state index in [4.69, 9.17) is 9.47 Å². The van der Waals surface area contributed by atoms with Crippen LogP contribution in [0.3, 0.4) is 0 Å². The predicted octanol–water partition coefficient (Wildman–Crippen LogP) is 3.18. The van der Waals surface area contributed by atoms with Crippen LogP contribution >= 0.6 is 0 Å². The lowest BCUT2D eigenvalue weighted by atomic mass is 10.1. The molecule has 1 aromatic heterocycles. The van der Waals surface area contributed by atoms with Crippen LogP contribution in [0, 0.1) is 0 Å². The molecule has 0 aliphatic carbocycles. The van der Waals surface area contributed by atoms with E-state index in [0.29, 0.717) is 18.3 Å². The smallest absolute Gasteiger partial charge is 0.321 e. The second-order valence-electron chi connectivity index (χ2n) is 8.47. The molecule has 2 aromatic carbocycles. The normalized spacial score (nSPS) is 16.1. The molecule has 0 bridgehead atoms. The second kappa shape index (κ2) is 10.1. The highest BCUT2D eigenvalue weighted by atomic mass is 16.5. The van der Waals surface area contributed by atoms with Gasteiger partial charge in [0.25, 0.3) is 0 Å². The van der Waals surface area contributed by atoms with Crippen LogP contribution in [0.5, 0.6) is 11.8 Å². The molecule has 0 spiro atoms. The summed E-state index contributed by atoms with van der Waals surface area (Å²) in [4.78, 5) is 29.1. The molecule has 34 heavy (non-hydrogen) atoms. The number of carbonyl (C=O) groups excluding carboxylic acids is 1. The molecule has 3 aromatic rings. The Balaban J connectivity index is 1.20. The third kappa shape index (κ3) is 5.13. The number of aliphatic imine (C=N–C) groups is 1. The van der Waals surface area contributed by atoms with Gasteiger partial charge in [-0.15, -0.1) is 0 Å². The van der Waals surface area contributed by atoms with Crippen molar-refractivity contribution in [3.63, 3.8) is 0 Å². The molecule has 0 unspecified atom stereocenters. The molecule has 8 heteroatoms. The first-order chi connectivity index (χ1) is 16.7. The van der Waals surface area contributed by atoms with E-state index in [1.165, 1.54) is 5.56 Å². The molecule has 0 atom stereocenters. The van der Waals surface area contributed by atoms with E-state index in [-0.39, 0.29) is 12.5 Å². The highest BCUT2D eigenvalue weighted by Crippen LogP contribution is 2.26. The largest absolute Gasteiger partial charge is 0.424 e. The van der Waals surface area contributed by atoms with E-state index < -0.39 is 0 Å². The minimum atomic E-state index is 0.0630. The van der Waals surface area contributed by atoms with E-state index in [0.717, 1.165) is 54.6 Å². The van der Waals surface area contributed by atoms with Crippen LogP contribution in [-0.2, 0) is 16.1 Å². The van der Waals surface area contributed by atoms with Crippen molar-refractivity contribution in [1.29, 1.82) is 0 Å². The van der Waals surface area contributed by atoms with E-state index in [1.54, 1.807) is 25.7 Å². The van der Waals surface area contributed by atoms with Gasteiger partial charge in [-0.2, -0.15) is 0 Å². The van der Waals surface area contributed by atoms with Gasteiger partial charge < -0.3 is 14.4 Å². The second-order valence-corrected chi connectivity index (χ2v) is 8.47. The molecule has 8 nitrogen and oxygen atoms in total. The standard InChI is InChI=1S/C26H27N5O3/c1-33-18-25(32)31-10-8-30(9-11-31)17-19-2-3-21-13-24(5-4-20(21)12-19)34-26-28-15-23(16-29-26)22-6-7-27-14-22/h2-7,12-13,15-16H,8-11,14,17-18H2,1H3. The SMILES string of the molecule is COCC(=O)N1CCN(Cc2ccc3cc(Oc4ncc(C5=CC=NC5)cn4)ccc3c2)CC1. The van der Waals surface area contributed by atoms with Gasteiger partial charge in [0.2, 0.25) is 5.91 Å². The van der Waals surface area contributed by atoms with Crippen molar-refractivity contribution < 1.29 is 14.3 Å². The minimum Gasteiger partial charge on any atom is -0.424 e. The number of hydrogen-bond acceptors (Lipinski definition) is 7. The summed E-state index contributed by atoms with van der Waals surface area (Å²) in [6, 6.07) is 12.8. The van der Waals surface area contributed by atoms with Crippen molar-refractivity contribution >= 4 is 28.5 Å². The summed E-state index contributed by atoms with van der Waals surface area (Å²) < 4.78 is 10.8. The first-order valence-corrected chi connectivity index (χ1v) is 11.4. The molecule has 3 heterocycles. The molecule has 5 rings (SSSR count).